The number of hydrogen-bond acceptors (Lipinski definition) is 2. The van der Waals surface area contributed by atoms with Crippen molar-refractivity contribution in [1.82, 2.24) is 5.32 Å². The zero-order valence-electron chi connectivity index (χ0n) is 9.13. The van der Waals surface area contributed by atoms with Crippen LogP contribution in [0, 0.1) is 11.3 Å². The van der Waals surface area contributed by atoms with Crippen LogP contribution < -0.4 is 5.32 Å². The Morgan fingerprint density at radius 1 is 1.43 bits per heavy atom. The van der Waals surface area contributed by atoms with Crippen molar-refractivity contribution in [3.05, 3.63) is 0 Å². The zero-order chi connectivity index (χ0) is 10.6. The minimum absolute atomic E-state index is 0.0219. The maximum absolute atomic E-state index is 11.7. The molecule has 3 heteroatoms. The molecule has 0 aromatic rings. The molecule has 0 spiro atoms. The number of carbonyl (C=O) groups is 1. The topological polar surface area (TPSA) is 49.3 Å². The second kappa shape index (κ2) is 2.72. The van der Waals surface area contributed by atoms with E-state index in [9.17, 15) is 9.90 Å². The predicted octanol–water partition coefficient (Wildman–Crippen LogP) is 1.06. The van der Waals surface area contributed by atoms with E-state index in [4.69, 9.17) is 0 Å². The van der Waals surface area contributed by atoms with Crippen LogP contribution in [0.2, 0.25) is 0 Å². The van der Waals surface area contributed by atoms with Crippen molar-refractivity contribution in [1.29, 1.82) is 0 Å². The lowest BCUT2D eigenvalue weighted by molar-refractivity contribution is -0.129. The first-order chi connectivity index (χ1) is 6.33. The fourth-order valence-corrected chi connectivity index (χ4v) is 2.12. The highest BCUT2D eigenvalue weighted by molar-refractivity contribution is 5.82. The van der Waals surface area contributed by atoms with Gasteiger partial charge in [-0.25, -0.2) is 0 Å². The van der Waals surface area contributed by atoms with E-state index >= 15 is 0 Å². The van der Waals surface area contributed by atoms with Gasteiger partial charge < -0.3 is 10.4 Å². The van der Waals surface area contributed by atoms with E-state index in [1.165, 1.54) is 0 Å². The van der Waals surface area contributed by atoms with Gasteiger partial charge in [0.2, 0.25) is 5.91 Å². The first kappa shape index (κ1) is 9.97. The smallest absolute Gasteiger partial charge is 0.223 e. The Hall–Kier alpha value is -0.570. The lowest BCUT2D eigenvalue weighted by atomic mass is 9.76. The van der Waals surface area contributed by atoms with Crippen molar-refractivity contribution in [3.63, 3.8) is 0 Å². The summed E-state index contributed by atoms with van der Waals surface area (Å²) in [7, 11) is 0. The van der Waals surface area contributed by atoms with Crippen LogP contribution in [0.4, 0.5) is 0 Å². The Morgan fingerprint density at radius 2 is 2.00 bits per heavy atom. The summed E-state index contributed by atoms with van der Waals surface area (Å²) < 4.78 is 0. The van der Waals surface area contributed by atoms with E-state index in [2.05, 4.69) is 19.2 Å². The molecule has 3 nitrogen and oxygen atoms in total. The summed E-state index contributed by atoms with van der Waals surface area (Å²) in [4.78, 5) is 11.7. The summed E-state index contributed by atoms with van der Waals surface area (Å²) in [6.07, 6.45) is 2.69. The third-order valence-corrected chi connectivity index (χ3v) is 3.84. The van der Waals surface area contributed by atoms with Crippen LogP contribution in [-0.2, 0) is 4.79 Å². The van der Waals surface area contributed by atoms with Crippen molar-refractivity contribution in [2.75, 3.05) is 0 Å². The minimum Gasteiger partial charge on any atom is -0.388 e. The Morgan fingerprint density at radius 3 is 2.29 bits per heavy atom. The summed E-state index contributed by atoms with van der Waals surface area (Å²) in [5.41, 5.74) is -0.492. The van der Waals surface area contributed by atoms with Gasteiger partial charge in [0.05, 0.1) is 11.6 Å². The van der Waals surface area contributed by atoms with Gasteiger partial charge in [-0.2, -0.15) is 0 Å². The van der Waals surface area contributed by atoms with Gasteiger partial charge in [0.1, 0.15) is 0 Å². The standard InChI is InChI=1S/C11H19NO2/c1-10(2)6-7(10)9(13)12-8-4-5-11(8,3)14/h7-8,14H,4-6H2,1-3H3,(H,12,13)/t7?,8-,11-/m1/s1. The summed E-state index contributed by atoms with van der Waals surface area (Å²) in [6.45, 7) is 6.01. The normalized spacial score (nSPS) is 44.0. The number of hydrogen-bond donors (Lipinski definition) is 2. The molecule has 0 bridgehead atoms. The molecule has 0 radical (unpaired) electrons. The quantitative estimate of drug-likeness (QED) is 0.695. The minimum atomic E-state index is -0.672. The number of nitrogens with one attached hydrogen (secondary N) is 1. The van der Waals surface area contributed by atoms with Gasteiger partial charge in [0.15, 0.2) is 0 Å². The molecule has 1 unspecified atom stereocenters. The first-order valence-electron chi connectivity index (χ1n) is 5.36. The fourth-order valence-electron chi connectivity index (χ4n) is 2.12. The van der Waals surface area contributed by atoms with Crippen LogP contribution in [0.5, 0.6) is 0 Å². The molecule has 2 rings (SSSR count). The molecule has 2 aliphatic rings. The average Bonchev–Trinajstić information content (AvgIpc) is 2.69. The fraction of sp³-hybridized carbons (Fsp3) is 0.909. The molecule has 0 aromatic heterocycles. The van der Waals surface area contributed by atoms with E-state index in [1.54, 1.807) is 6.92 Å². The number of amides is 1. The van der Waals surface area contributed by atoms with Crippen LogP contribution in [-0.4, -0.2) is 22.7 Å². The first-order valence-corrected chi connectivity index (χ1v) is 5.36. The van der Waals surface area contributed by atoms with E-state index < -0.39 is 5.60 Å². The Kier molecular flexibility index (Phi) is 1.94. The molecule has 1 amide bonds. The van der Waals surface area contributed by atoms with E-state index in [1.807, 2.05) is 0 Å². The van der Waals surface area contributed by atoms with E-state index in [-0.39, 0.29) is 23.3 Å². The molecule has 0 saturated heterocycles. The monoisotopic (exact) mass is 197 g/mol. The molecule has 0 aromatic carbocycles. The Balaban J connectivity index is 1.85. The highest BCUT2D eigenvalue weighted by Gasteiger charge is 2.52. The molecular formula is C11H19NO2. The summed E-state index contributed by atoms with van der Waals surface area (Å²) >= 11 is 0. The van der Waals surface area contributed by atoms with Crippen LogP contribution in [0.1, 0.15) is 40.0 Å². The van der Waals surface area contributed by atoms with Crippen molar-refractivity contribution >= 4 is 5.91 Å². The van der Waals surface area contributed by atoms with Crippen LogP contribution >= 0.6 is 0 Å². The average molecular weight is 197 g/mol. The second-order valence-electron chi connectivity index (χ2n) is 5.70. The maximum Gasteiger partial charge on any atom is 0.223 e. The second-order valence-corrected chi connectivity index (χ2v) is 5.70. The molecule has 0 heterocycles. The Labute approximate surface area is 84.9 Å². The molecule has 2 fully saturated rings. The highest BCUT2D eigenvalue weighted by atomic mass is 16.3. The Bertz CT molecular complexity index is 270. The zero-order valence-corrected chi connectivity index (χ0v) is 9.13. The van der Waals surface area contributed by atoms with Crippen molar-refractivity contribution in [3.8, 4) is 0 Å². The molecule has 80 valence electrons. The molecule has 2 N–H and O–H groups in total. The molecule has 0 aliphatic heterocycles. The van der Waals surface area contributed by atoms with Gasteiger partial charge >= 0.3 is 0 Å². The molecule has 2 aliphatic carbocycles. The highest BCUT2D eigenvalue weighted by Crippen LogP contribution is 2.51. The van der Waals surface area contributed by atoms with E-state index in [0.717, 1.165) is 19.3 Å². The number of aliphatic hydroxyl groups is 1. The SMILES string of the molecule is CC1(C)CC1C(=O)N[C@@H]1CC[C@@]1(C)O. The molecule has 2 saturated carbocycles. The van der Waals surface area contributed by atoms with Gasteiger partial charge in [0.25, 0.3) is 0 Å². The predicted molar refractivity (Wildman–Crippen MR) is 53.7 cm³/mol. The maximum atomic E-state index is 11.7. The van der Waals surface area contributed by atoms with Crippen molar-refractivity contribution in [2.45, 2.75) is 51.7 Å². The lowest BCUT2D eigenvalue weighted by Crippen LogP contribution is -2.58. The van der Waals surface area contributed by atoms with Crippen molar-refractivity contribution in [2.24, 2.45) is 11.3 Å². The van der Waals surface area contributed by atoms with Gasteiger partial charge in [0, 0.05) is 5.92 Å². The van der Waals surface area contributed by atoms with Gasteiger partial charge in [-0.1, -0.05) is 13.8 Å². The van der Waals surface area contributed by atoms with Gasteiger partial charge in [-0.05, 0) is 31.6 Å². The van der Waals surface area contributed by atoms with Crippen molar-refractivity contribution < 1.29 is 9.90 Å². The van der Waals surface area contributed by atoms with Crippen LogP contribution in [0.3, 0.4) is 0 Å². The summed E-state index contributed by atoms with van der Waals surface area (Å²) in [6, 6.07) is -0.0219. The summed E-state index contributed by atoms with van der Waals surface area (Å²) in [5.74, 6) is 0.291. The third-order valence-electron chi connectivity index (χ3n) is 3.84. The molecule has 3 atom stereocenters. The van der Waals surface area contributed by atoms with E-state index in [0.29, 0.717) is 0 Å². The number of rotatable bonds is 2. The molecular weight excluding hydrogens is 178 g/mol. The number of carbonyl (C=O) groups excluding carboxylic acids is 1. The van der Waals surface area contributed by atoms with Crippen LogP contribution in [0.15, 0.2) is 0 Å². The lowest BCUT2D eigenvalue weighted by Gasteiger charge is -2.43. The largest absolute Gasteiger partial charge is 0.388 e. The summed E-state index contributed by atoms with van der Waals surface area (Å²) in [5, 5.41) is 12.7. The van der Waals surface area contributed by atoms with Gasteiger partial charge in [-0.15, -0.1) is 0 Å². The third kappa shape index (κ3) is 1.54. The van der Waals surface area contributed by atoms with Gasteiger partial charge in [-0.3, -0.25) is 4.79 Å². The molecule has 14 heavy (non-hydrogen) atoms. The van der Waals surface area contributed by atoms with Crippen LogP contribution in [0.25, 0.3) is 0 Å².